The predicted molar refractivity (Wildman–Crippen MR) is 107 cm³/mol. The molecule has 0 saturated heterocycles. The lowest BCUT2D eigenvalue weighted by atomic mass is 10.1. The molecule has 0 bridgehead atoms. The van der Waals surface area contributed by atoms with E-state index in [1.54, 1.807) is 23.7 Å². The third-order valence-electron chi connectivity index (χ3n) is 4.77. The Labute approximate surface area is 166 Å². The maximum atomic E-state index is 12.4. The second-order valence-corrected chi connectivity index (χ2v) is 7.20. The van der Waals surface area contributed by atoms with Crippen molar-refractivity contribution in [3.8, 4) is 0 Å². The SMILES string of the molecule is CC(NC(=O)CCCn1cnc2c1c(=O)n(C)c(=O)n2C)c1ccc(Cl)cc1. The fraction of sp³-hybridized carbons (Fsp3) is 0.368. The lowest BCUT2D eigenvalue weighted by molar-refractivity contribution is -0.121. The van der Waals surface area contributed by atoms with Crippen molar-refractivity contribution in [1.29, 1.82) is 0 Å². The number of halogens is 1. The molecule has 9 heteroatoms. The van der Waals surface area contributed by atoms with Crippen LogP contribution in [0.15, 0.2) is 40.2 Å². The Balaban J connectivity index is 1.64. The standard InChI is InChI=1S/C19H22ClN5O3/c1-12(13-6-8-14(20)9-7-13)22-15(26)5-4-10-25-11-21-17-16(25)18(27)24(3)19(28)23(17)2/h6-9,11-12H,4-5,10H2,1-3H3,(H,22,26). The summed E-state index contributed by atoms with van der Waals surface area (Å²) >= 11 is 5.88. The summed E-state index contributed by atoms with van der Waals surface area (Å²) in [6, 6.07) is 7.21. The van der Waals surface area contributed by atoms with Crippen LogP contribution in [0.1, 0.15) is 31.4 Å². The number of hydrogen-bond donors (Lipinski definition) is 1. The Kier molecular flexibility index (Phi) is 5.69. The number of hydrogen-bond acceptors (Lipinski definition) is 4. The van der Waals surface area contributed by atoms with Crippen LogP contribution in [0, 0.1) is 0 Å². The van der Waals surface area contributed by atoms with Crippen LogP contribution in [0.5, 0.6) is 0 Å². The molecule has 28 heavy (non-hydrogen) atoms. The summed E-state index contributed by atoms with van der Waals surface area (Å²) in [4.78, 5) is 40.8. The van der Waals surface area contributed by atoms with Gasteiger partial charge in [0.1, 0.15) is 0 Å². The van der Waals surface area contributed by atoms with Gasteiger partial charge in [-0.15, -0.1) is 0 Å². The van der Waals surface area contributed by atoms with E-state index >= 15 is 0 Å². The molecule has 0 aliphatic carbocycles. The molecule has 8 nitrogen and oxygen atoms in total. The molecule has 2 aromatic heterocycles. The summed E-state index contributed by atoms with van der Waals surface area (Å²) in [5.74, 6) is -0.0767. The molecular formula is C19H22ClN5O3. The monoisotopic (exact) mass is 403 g/mol. The molecule has 1 atom stereocenters. The van der Waals surface area contributed by atoms with Gasteiger partial charge in [0.05, 0.1) is 12.4 Å². The number of fused-ring (bicyclic) bond motifs is 1. The van der Waals surface area contributed by atoms with Crippen LogP contribution in [-0.4, -0.2) is 24.6 Å². The highest BCUT2D eigenvalue weighted by Crippen LogP contribution is 2.16. The minimum absolute atomic E-state index is 0.0767. The van der Waals surface area contributed by atoms with Gasteiger partial charge in [0, 0.05) is 32.1 Å². The Bertz CT molecular complexity index is 1130. The van der Waals surface area contributed by atoms with E-state index in [9.17, 15) is 14.4 Å². The molecule has 3 aromatic rings. The zero-order chi connectivity index (χ0) is 20.4. The summed E-state index contributed by atoms with van der Waals surface area (Å²) in [6.45, 7) is 2.36. The molecular weight excluding hydrogens is 382 g/mol. The van der Waals surface area contributed by atoms with Gasteiger partial charge < -0.3 is 9.88 Å². The molecule has 0 aliphatic heterocycles. The summed E-state index contributed by atoms with van der Waals surface area (Å²) in [5, 5.41) is 3.60. The Morgan fingerprint density at radius 1 is 1.18 bits per heavy atom. The van der Waals surface area contributed by atoms with Gasteiger partial charge in [-0.2, -0.15) is 0 Å². The zero-order valence-electron chi connectivity index (χ0n) is 16.0. The Hall–Kier alpha value is -2.87. The minimum Gasteiger partial charge on any atom is -0.350 e. The van der Waals surface area contributed by atoms with Crippen molar-refractivity contribution < 1.29 is 4.79 Å². The van der Waals surface area contributed by atoms with Gasteiger partial charge in [0.2, 0.25) is 5.91 Å². The minimum atomic E-state index is -0.418. The van der Waals surface area contributed by atoms with Crippen molar-refractivity contribution in [2.45, 2.75) is 32.4 Å². The van der Waals surface area contributed by atoms with E-state index in [0.717, 1.165) is 10.1 Å². The van der Waals surface area contributed by atoms with Gasteiger partial charge in [0.15, 0.2) is 11.2 Å². The molecule has 148 valence electrons. The molecule has 0 aliphatic rings. The molecule has 3 rings (SSSR count). The third kappa shape index (κ3) is 3.87. The topological polar surface area (TPSA) is 90.9 Å². The number of carbonyl (C=O) groups is 1. The zero-order valence-corrected chi connectivity index (χ0v) is 16.7. The van der Waals surface area contributed by atoms with Crippen LogP contribution in [0.2, 0.25) is 5.02 Å². The number of rotatable bonds is 6. The van der Waals surface area contributed by atoms with Gasteiger partial charge >= 0.3 is 5.69 Å². The van der Waals surface area contributed by atoms with Crippen LogP contribution < -0.4 is 16.6 Å². The Morgan fingerprint density at radius 3 is 2.54 bits per heavy atom. The molecule has 1 amide bonds. The first-order valence-electron chi connectivity index (χ1n) is 8.95. The fourth-order valence-electron chi connectivity index (χ4n) is 3.12. The van der Waals surface area contributed by atoms with Gasteiger partial charge in [0.25, 0.3) is 5.56 Å². The van der Waals surface area contributed by atoms with E-state index in [-0.39, 0.29) is 11.9 Å². The van der Waals surface area contributed by atoms with Crippen molar-refractivity contribution >= 4 is 28.7 Å². The predicted octanol–water partition coefficient (Wildman–Crippen LogP) is 1.74. The highest BCUT2D eigenvalue weighted by Gasteiger charge is 2.15. The normalized spacial score (nSPS) is 12.3. The largest absolute Gasteiger partial charge is 0.350 e. The molecule has 0 saturated carbocycles. The number of nitrogens with one attached hydrogen (secondary N) is 1. The van der Waals surface area contributed by atoms with Crippen molar-refractivity contribution in [2.75, 3.05) is 0 Å². The summed E-state index contributed by atoms with van der Waals surface area (Å²) in [6.07, 6.45) is 2.38. The highest BCUT2D eigenvalue weighted by atomic mass is 35.5. The molecule has 1 unspecified atom stereocenters. The van der Waals surface area contributed by atoms with Crippen molar-refractivity contribution in [3.63, 3.8) is 0 Å². The third-order valence-corrected chi connectivity index (χ3v) is 5.02. The van der Waals surface area contributed by atoms with Crippen LogP contribution >= 0.6 is 11.6 Å². The van der Waals surface area contributed by atoms with Crippen molar-refractivity contribution in [2.24, 2.45) is 14.1 Å². The number of carbonyl (C=O) groups excluding carboxylic acids is 1. The van der Waals surface area contributed by atoms with Gasteiger partial charge in [-0.25, -0.2) is 9.78 Å². The second-order valence-electron chi connectivity index (χ2n) is 6.76. The van der Waals surface area contributed by atoms with Crippen LogP contribution in [0.25, 0.3) is 11.2 Å². The average Bonchev–Trinajstić information content (AvgIpc) is 3.09. The summed E-state index contributed by atoms with van der Waals surface area (Å²) < 4.78 is 4.09. The van der Waals surface area contributed by atoms with E-state index in [2.05, 4.69) is 10.3 Å². The second kappa shape index (κ2) is 8.02. The number of imidazole rings is 1. The number of benzene rings is 1. The summed E-state index contributed by atoms with van der Waals surface area (Å²) in [5.41, 5.74) is 0.867. The number of aryl methyl sites for hydroxylation is 2. The first-order chi connectivity index (χ1) is 13.3. The van der Waals surface area contributed by atoms with Crippen molar-refractivity contribution in [3.05, 3.63) is 62.0 Å². The van der Waals surface area contributed by atoms with E-state index in [1.807, 2.05) is 19.1 Å². The molecule has 1 N–H and O–H groups in total. The van der Waals surface area contributed by atoms with Crippen LogP contribution in [-0.2, 0) is 25.4 Å². The molecule has 1 aromatic carbocycles. The van der Waals surface area contributed by atoms with Crippen molar-refractivity contribution in [1.82, 2.24) is 24.0 Å². The number of nitrogens with zero attached hydrogens (tertiary/aromatic N) is 4. The summed E-state index contributed by atoms with van der Waals surface area (Å²) in [7, 11) is 3.01. The van der Waals surface area contributed by atoms with Gasteiger partial charge in [-0.05, 0) is 31.0 Å². The van der Waals surface area contributed by atoms with Gasteiger partial charge in [-0.3, -0.25) is 18.7 Å². The van der Waals surface area contributed by atoms with E-state index < -0.39 is 11.2 Å². The average molecular weight is 404 g/mol. The molecule has 2 heterocycles. The van der Waals surface area contributed by atoms with E-state index in [0.29, 0.717) is 35.6 Å². The van der Waals surface area contributed by atoms with E-state index in [4.69, 9.17) is 11.6 Å². The lowest BCUT2D eigenvalue weighted by Gasteiger charge is -2.14. The van der Waals surface area contributed by atoms with Crippen LogP contribution in [0.4, 0.5) is 0 Å². The first kappa shape index (κ1) is 19.9. The highest BCUT2D eigenvalue weighted by molar-refractivity contribution is 6.30. The maximum Gasteiger partial charge on any atom is 0.332 e. The molecule has 0 fully saturated rings. The van der Waals surface area contributed by atoms with Crippen LogP contribution in [0.3, 0.4) is 0 Å². The fourth-order valence-corrected chi connectivity index (χ4v) is 3.25. The quantitative estimate of drug-likeness (QED) is 0.678. The van der Waals surface area contributed by atoms with Gasteiger partial charge in [-0.1, -0.05) is 23.7 Å². The molecule has 0 radical (unpaired) electrons. The van der Waals surface area contributed by atoms with E-state index in [1.165, 1.54) is 17.9 Å². The number of aromatic nitrogens is 4. The molecule has 0 spiro atoms. The smallest absolute Gasteiger partial charge is 0.332 e. The lowest BCUT2D eigenvalue weighted by Crippen LogP contribution is -2.37. The maximum absolute atomic E-state index is 12.4. The number of amides is 1. The Morgan fingerprint density at radius 2 is 1.86 bits per heavy atom. The first-order valence-corrected chi connectivity index (χ1v) is 9.33.